The van der Waals surface area contributed by atoms with E-state index < -0.39 is 11.2 Å². The molecule has 0 aromatic carbocycles. The van der Waals surface area contributed by atoms with E-state index in [1.807, 2.05) is 33.1 Å². The first-order chi connectivity index (χ1) is 14.8. The molecule has 1 amide bonds. The molecule has 0 unspecified atom stereocenters. The van der Waals surface area contributed by atoms with Crippen LogP contribution >= 0.6 is 11.3 Å². The zero-order chi connectivity index (χ0) is 22.5. The van der Waals surface area contributed by atoms with Crippen molar-refractivity contribution >= 4 is 28.3 Å². The Labute approximate surface area is 184 Å². The topological polar surface area (TPSA) is 110 Å². The van der Waals surface area contributed by atoms with E-state index in [2.05, 4.69) is 20.3 Å². The fraction of sp³-hybridized carbons (Fsp3) is 0.500. The van der Waals surface area contributed by atoms with Crippen molar-refractivity contribution in [2.24, 2.45) is 0 Å². The van der Waals surface area contributed by atoms with Crippen LogP contribution in [0.3, 0.4) is 0 Å². The van der Waals surface area contributed by atoms with Crippen LogP contribution in [0.4, 0.5) is 0 Å². The van der Waals surface area contributed by atoms with Crippen LogP contribution in [-0.2, 0) is 13.0 Å². The van der Waals surface area contributed by atoms with Gasteiger partial charge in [-0.05, 0) is 44.6 Å². The highest BCUT2D eigenvalue weighted by Crippen LogP contribution is 2.20. The molecule has 166 valence electrons. The summed E-state index contributed by atoms with van der Waals surface area (Å²) in [5.74, 6) is -0.284. The Morgan fingerprint density at radius 1 is 1.26 bits per heavy atom. The maximum Gasteiger partial charge on any atom is 0.329 e. The van der Waals surface area contributed by atoms with Crippen molar-refractivity contribution in [1.82, 2.24) is 24.8 Å². The molecule has 0 saturated carbocycles. The third-order valence-electron chi connectivity index (χ3n) is 5.02. The first-order valence-electron chi connectivity index (χ1n) is 10.7. The number of aromatic nitrogens is 4. The predicted molar refractivity (Wildman–Crippen MR) is 123 cm³/mol. The molecule has 31 heavy (non-hydrogen) atoms. The lowest BCUT2D eigenvalue weighted by Crippen LogP contribution is -2.33. The molecule has 3 aromatic heterocycles. The second-order valence-electron chi connectivity index (χ2n) is 7.95. The summed E-state index contributed by atoms with van der Waals surface area (Å²) in [6.07, 6.45) is 3.31. The van der Waals surface area contributed by atoms with Crippen LogP contribution in [0.1, 0.15) is 72.7 Å². The monoisotopic (exact) mass is 443 g/mol. The van der Waals surface area contributed by atoms with Gasteiger partial charge in [0.25, 0.3) is 11.5 Å². The summed E-state index contributed by atoms with van der Waals surface area (Å²) >= 11 is 1.65. The number of amides is 1. The second kappa shape index (κ2) is 10.00. The van der Waals surface area contributed by atoms with Gasteiger partial charge in [0.2, 0.25) is 0 Å². The van der Waals surface area contributed by atoms with Crippen molar-refractivity contribution in [2.45, 2.75) is 65.8 Å². The van der Waals surface area contributed by atoms with Crippen molar-refractivity contribution in [3.05, 3.63) is 54.2 Å². The molecule has 0 fully saturated rings. The molecule has 9 heteroatoms. The number of pyridine rings is 1. The number of carbonyl (C=O) groups is 1. The van der Waals surface area contributed by atoms with Crippen molar-refractivity contribution < 1.29 is 4.79 Å². The van der Waals surface area contributed by atoms with E-state index in [4.69, 9.17) is 0 Å². The van der Waals surface area contributed by atoms with E-state index in [9.17, 15) is 14.4 Å². The Morgan fingerprint density at radius 3 is 2.68 bits per heavy atom. The summed E-state index contributed by atoms with van der Waals surface area (Å²) in [7, 11) is 0. The Balaban J connectivity index is 1.84. The van der Waals surface area contributed by atoms with Crippen molar-refractivity contribution in [2.75, 3.05) is 6.54 Å². The van der Waals surface area contributed by atoms with E-state index in [1.165, 1.54) is 4.57 Å². The fourth-order valence-electron chi connectivity index (χ4n) is 3.42. The number of carbonyl (C=O) groups excluding carboxylic acids is 1. The number of hydrogen-bond donors (Lipinski definition) is 2. The molecule has 0 aliphatic carbocycles. The fourth-order valence-corrected chi connectivity index (χ4v) is 4.23. The molecule has 2 N–H and O–H groups in total. The summed E-state index contributed by atoms with van der Waals surface area (Å²) in [4.78, 5) is 49.3. The predicted octanol–water partition coefficient (Wildman–Crippen LogP) is 3.14. The highest BCUT2D eigenvalue weighted by atomic mass is 32.1. The summed E-state index contributed by atoms with van der Waals surface area (Å²) in [5.41, 5.74) is 1.15. The van der Waals surface area contributed by atoms with Crippen LogP contribution in [0, 0.1) is 6.92 Å². The number of hydrogen-bond acceptors (Lipinski definition) is 6. The first kappa shape index (κ1) is 22.9. The van der Waals surface area contributed by atoms with Gasteiger partial charge in [0.1, 0.15) is 0 Å². The molecule has 0 atom stereocenters. The number of nitrogens with zero attached hydrogens (tertiary/aromatic N) is 3. The van der Waals surface area contributed by atoms with Crippen molar-refractivity contribution in [3.63, 3.8) is 0 Å². The van der Waals surface area contributed by atoms with Gasteiger partial charge in [0.05, 0.1) is 16.0 Å². The number of rotatable bonds is 9. The minimum atomic E-state index is -0.584. The minimum Gasteiger partial charge on any atom is -0.352 e. The van der Waals surface area contributed by atoms with Crippen LogP contribution < -0.4 is 16.6 Å². The van der Waals surface area contributed by atoms with Gasteiger partial charge in [0, 0.05) is 29.9 Å². The molecule has 0 aliphatic heterocycles. The number of nitrogens with one attached hydrogen (secondary N) is 2. The smallest absolute Gasteiger partial charge is 0.329 e. The number of unbranched alkanes of at least 4 members (excludes halogenated alkanes) is 1. The van der Waals surface area contributed by atoms with Gasteiger partial charge < -0.3 is 5.32 Å². The molecule has 8 nitrogen and oxygen atoms in total. The highest BCUT2D eigenvalue weighted by Gasteiger charge is 2.20. The summed E-state index contributed by atoms with van der Waals surface area (Å²) in [6, 6.07) is 1.66. The Morgan fingerprint density at radius 2 is 2.03 bits per heavy atom. The quantitative estimate of drug-likeness (QED) is 0.494. The number of thiazole rings is 1. The molecule has 0 radical (unpaired) electrons. The van der Waals surface area contributed by atoms with Gasteiger partial charge in [-0.2, -0.15) is 0 Å². The van der Waals surface area contributed by atoms with E-state index >= 15 is 0 Å². The van der Waals surface area contributed by atoms with Crippen molar-refractivity contribution in [3.8, 4) is 0 Å². The van der Waals surface area contributed by atoms with E-state index in [0.717, 1.165) is 30.0 Å². The molecular weight excluding hydrogens is 414 g/mol. The summed E-state index contributed by atoms with van der Waals surface area (Å²) in [6.45, 7) is 8.76. The number of fused-ring (bicyclic) bond motifs is 1. The van der Waals surface area contributed by atoms with Gasteiger partial charge in [-0.25, -0.2) is 14.8 Å². The maximum atomic E-state index is 13.0. The van der Waals surface area contributed by atoms with Gasteiger partial charge in [-0.3, -0.25) is 19.1 Å². The molecule has 0 bridgehead atoms. The average Bonchev–Trinajstić information content (AvgIpc) is 3.14. The Hall–Kier alpha value is -2.81. The van der Waals surface area contributed by atoms with Crippen LogP contribution in [0.5, 0.6) is 0 Å². The zero-order valence-corrected chi connectivity index (χ0v) is 19.3. The van der Waals surface area contributed by atoms with Crippen molar-refractivity contribution in [1.29, 1.82) is 0 Å². The lowest BCUT2D eigenvalue weighted by molar-refractivity contribution is 0.0954. The second-order valence-corrected chi connectivity index (χ2v) is 8.90. The van der Waals surface area contributed by atoms with Gasteiger partial charge >= 0.3 is 5.69 Å². The van der Waals surface area contributed by atoms with Gasteiger partial charge in [-0.15, -0.1) is 11.3 Å². The highest BCUT2D eigenvalue weighted by molar-refractivity contribution is 7.09. The zero-order valence-electron chi connectivity index (χ0n) is 18.4. The maximum absolute atomic E-state index is 13.0. The largest absolute Gasteiger partial charge is 0.352 e. The Kier molecular flexibility index (Phi) is 7.37. The molecule has 3 aromatic rings. The third kappa shape index (κ3) is 5.28. The molecule has 0 saturated heterocycles. The average molecular weight is 444 g/mol. The van der Waals surface area contributed by atoms with Crippen LogP contribution in [0.2, 0.25) is 0 Å². The Bertz CT molecular complexity index is 1190. The standard InChI is InChI=1S/C22H29N5O3S/c1-5-10-27-19-18(21(29)26-22(27)30)15(11-16(25-19)13(2)3)20(28)23-9-7-6-8-17-24-14(4)12-31-17/h11-13H,5-10H2,1-4H3,(H,23,28)(H,26,29,30). The van der Waals surface area contributed by atoms with Crippen LogP contribution in [-0.4, -0.2) is 32.0 Å². The summed E-state index contributed by atoms with van der Waals surface area (Å²) in [5, 5.41) is 6.22. The minimum absolute atomic E-state index is 0.0437. The first-order valence-corrected chi connectivity index (χ1v) is 11.6. The van der Waals surface area contributed by atoms with Gasteiger partial charge in [0.15, 0.2) is 5.65 Å². The van der Waals surface area contributed by atoms with E-state index in [0.29, 0.717) is 25.2 Å². The molecular formula is C22H29N5O3S. The van der Waals surface area contributed by atoms with Crippen LogP contribution in [0.15, 0.2) is 21.0 Å². The molecule has 3 rings (SSSR count). The van der Waals surface area contributed by atoms with E-state index in [1.54, 1.807) is 17.4 Å². The lowest BCUT2D eigenvalue weighted by atomic mass is 10.0. The SMILES string of the molecule is CCCn1c(=O)[nH]c(=O)c2c(C(=O)NCCCCc3nc(C)cs3)cc(C(C)C)nc21. The normalized spacial score (nSPS) is 11.4. The van der Waals surface area contributed by atoms with Crippen LogP contribution in [0.25, 0.3) is 11.0 Å². The molecule has 0 spiro atoms. The number of H-pyrrole nitrogens is 1. The summed E-state index contributed by atoms with van der Waals surface area (Å²) < 4.78 is 1.44. The van der Waals surface area contributed by atoms with E-state index in [-0.39, 0.29) is 28.4 Å². The number of aromatic amines is 1. The third-order valence-corrected chi connectivity index (χ3v) is 6.05. The van der Waals surface area contributed by atoms with Gasteiger partial charge in [-0.1, -0.05) is 20.8 Å². The molecule has 0 aliphatic rings. The lowest BCUT2D eigenvalue weighted by Gasteiger charge is -2.14. The molecule has 3 heterocycles. The number of aryl methyl sites for hydroxylation is 3.